The Kier molecular flexibility index (Phi) is 3.99. The van der Waals surface area contributed by atoms with Crippen LogP contribution in [-0.4, -0.2) is 43.5 Å². The third kappa shape index (κ3) is 3.09. The number of rotatable bonds is 4. The summed E-state index contributed by atoms with van der Waals surface area (Å²) in [5.74, 6) is 0.0538. The molecule has 0 saturated carbocycles. The molecule has 0 aromatic heterocycles. The second kappa shape index (κ2) is 5.50. The first-order valence-corrected chi connectivity index (χ1v) is 6.34. The predicted octanol–water partition coefficient (Wildman–Crippen LogP) is 1.15. The van der Waals surface area contributed by atoms with E-state index in [4.69, 9.17) is 0 Å². The van der Waals surface area contributed by atoms with E-state index >= 15 is 0 Å². The molecule has 4 heteroatoms. The maximum atomic E-state index is 12.0. The largest absolute Gasteiger partial charge is 0.325 e. The zero-order valence-corrected chi connectivity index (χ0v) is 11.3. The van der Waals surface area contributed by atoms with E-state index in [2.05, 4.69) is 21.6 Å². The number of carbonyl (C=O) groups excluding carboxylic acids is 1. The number of aryl methyl sites for hydroxylation is 2. The lowest BCUT2D eigenvalue weighted by molar-refractivity contribution is -0.117. The minimum atomic E-state index is 0.0538. The monoisotopic (exact) mass is 247 g/mol. The van der Waals surface area contributed by atoms with E-state index in [1.165, 1.54) is 0 Å². The molecule has 0 atom stereocenters. The van der Waals surface area contributed by atoms with Gasteiger partial charge in [0.2, 0.25) is 5.91 Å². The number of hydrogen-bond acceptors (Lipinski definition) is 3. The van der Waals surface area contributed by atoms with Crippen molar-refractivity contribution in [1.82, 2.24) is 10.2 Å². The van der Waals surface area contributed by atoms with Crippen LogP contribution in [0.25, 0.3) is 0 Å². The Morgan fingerprint density at radius 1 is 1.44 bits per heavy atom. The van der Waals surface area contributed by atoms with Gasteiger partial charge in [-0.1, -0.05) is 12.1 Å². The molecule has 0 unspecified atom stereocenters. The number of hydrogen-bond donors (Lipinski definition) is 2. The molecule has 18 heavy (non-hydrogen) atoms. The molecule has 0 spiro atoms. The Labute approximate surface area is 108 Å². The van der Waals surface area contributed by atoms with Crippen LogP contribution in [0, 0.1) is 13.8 Å². The highest BCUT2D eigenvalue weighted by Crippen LogP contribution is 2.16. The van der Waals surface area contributed by atoms with Crippen molar-refractivity contribution in [2.45, 2.75) is 19.9 Å². The molecule has 0 aliphatic carbocycles. The first-order chi connectivity index (χ1) is 8.56. The van der Waals surface area contributed by atoms with Gasteiger partial charge in [0, 0.05) is 24.8 Å². The van der Waals surface area contributed by atoms with Gasteiger partial charge in [0.15, 0.2) is 0 Å². The van der Waals surface area contributed by atoms with Crippen LogP contribution in [0.1, 0.15) is 11.1 Å². The minimum absolute atomic E-state index is 0.0538. The number of amides is 1. The van der Waals surface area contributed by atoms with Crippen LogP contribution in [0.4, 0.5) is 5.69 Å². The number of nitrogens with zero attached hydrogens (tertiary/aromatic N) is 1. The van der Waals surface area contributed by atoms with Crippen LogP contribution in [0.5, 0.6) is 0 Å². The molecule has 1 heterocycles. The Hall–Kier alpha value is -1.39. The molecular weight excluding hydrogens is 226 g/mol. The van der Waals surface area contributed by atoms with Gasteiger partial charge < -0.3 is 10.6 Å². The summed E-state index contributed by atoms with van der Waals surface area (Å²) < 4.78 is 0. The van der Waals surface area contributed by atoms with E-state index in [9.17, 15) is 4.79 Å². The molecule has 0 bridgehead atoms. The van der Waals surface area contributed by atoms with Gasteiger partial charge in [-0.3, -0.25) is 9.69 Å². The van der Waals surface area contributed by atoms with Crippen LogP contribution in [0.15, 0.2) is 18.2 Å². The average molecular weight is 247 g/mol. The third-order valence-electron chi connectivity index (χ3n) is 3.44. The molecule has 4 nitrogen and oxygen atoms in total. The molecule has 1 aromatic carbocycles. The second-order valence-electron chi connectivity index (χ2n) is 5.09. The fourth-order valence-electron chi connectivity index (χ4n) is 2.00. The molecule has 1 fully saturated rings. The average Bonchev–Trinajstić information content (AvgIpc) is 2.20. The van der Waals surface area contributed by atoms with Crippen molar-refractivity contribution in [1.29, 1.82) is 0 Å². The second-order valence-corrected chi connectivity index (χ2v) is 5.09. The molecule has 98 valence electrons. The van der Waals surface area contributed by atoms with Crippen molar-refractivity contribution in [3.05, 3.63) is 29.3 Å². The lowest BCUT2D eigenvalue weighted by Crippen LogP contribution is -2.57. The highest BCUT2D eigenvalue weighted by molar-refractivity contribution is 5.93. The van der Waals surface area contributed by atoms with Gasteiger partial charge in [-0.15, -0.1) is 0 Å². The van der Waals surface area contributed by atoms with Gasteiger partial charge in [-0.25, -0.2) is 0 Å². The molecule has 1 saturated heterocycles. The number of carbonyl (C=O) groups is 1. The van der Waals surface area contributed by atoms with Gasteiger partial charge in [0.1, 0.15) is 0 Å². The van der Waals surface area contributed by atoms with Gasteiger partial charge in [0.05, 0.1) is 6.54 Å². The number of benzene rings is 1. The van der Waals surface area contributed by atoms with Gasteiger partial charge in [-0.2, -0.15) is 0 Å². The summed E-state index contributed by atoms with van der Waals surface area (Å²) in [7, 11) is 1.99. The first kappa shape index (κ1) is 13.1. The van der Waals surface area contributed by atoms with Gasteiger partial charge in [-0.05, 0) is 38.1 Å². The number of likely N-dealkylation sites (N-methyl/N-ethyl adjacent to an activating group) is 1. The normalized spacial score (nSPS) is 15.6. The minimum Gasteiger partial charge on any atom is -0.325 e. The van der Waals surface area contributed by atoms with Crippen LogP contribution < -0.4 is 10.6 Å². The van der Waals surface area contributed by atoms with Crippen molar-refractivity contribution < 1.29 is 4.79 Å². The molecule has 1 amide bonds. The van der Waals surface area contributed by atoms with E-state index in [1.54, 1.807) is 0 Å². The maximum absolute atomic E-state index is 12.0. The molecule has 2 rings (SSSR count). The molecule has 1 aromatic rings. The van der Waals surface area contributed by atoms with Gasteiger partial charge in [0.25, 0.3) is 0 Å². The topological polar surface area (TPSA) is 44.4 Å². The van der Waals surface area contributed by atoms with Crippen LogP contribution in [0.2, 0.25) is 0 Å². The predicted molar refractivity (Wildman–Crippen MR) is 73.8 cm³/mol. The van der Waals surface area contributed by atoms with E-state index in [0.717, 1.165) is 29.9 Å². The summed E-state index contributed by atoms with van der Waals surface area (Å²) in [4.78, 5) is 14.1. The van der Waals surface area contributed by atoms with E-state index < -0.39 is 0 Å². The molecular formula is C14H21N3O. The van der Waals surface area contributed by atoms with Crippen molar-refractivity contribution in [3.63, 3.8) is 0 Å². The standard InChI is InChI=1S/C14H21N3O/c1-10-4-5-11(2)13(6-10)16-14(18)9-17(3)12-7-15-8-12/h4-6,12,15H,7-9H2,1-3H3,(H,16,18). The third-order valence-corrected chi connectivity index (χ3v) is 3.44. The first-order valence-electron chi connectivity index (χ1n) is 6.34. The summed E-state index contributed by atoms with van der Waals surface area (Å²) >= 11 is 0. The van der Waals surface area contributed by atoms with E-state index in [1.807, 2.05) is 33.0 Å². The zero-order chi connectivity index (χ0) is 13.1. The van der Waals surface area contributed by atoms with Crippen LogP contribution >= 0.6 is 0 Å². The lowest BCUT2D eigenvalue weighted by atomic mass is 10.1. The van der Waals surface area contributed by atoms with Crippen molar-refractivity contribution in [3.8, 4) is 0 Å². The summed E-state index contributed by atoms with van der Waals surface area (Å²) in [6.45, 7) is 6.44. The van der Waals surface area contributed by atoms with Crippen LogP contribution in [-0.2, 0) is 4.79 Å². The highest BCUT2D eigenvalue weighted by atomic mass is 16.2. The quantitative estimate of drug-likeness (QED) is 0.839. The summed E-state index contributed by atoms with van der Waals surface area (Å²) in [5.41, 5.74) is 3.18. The van der Waals surface area contributed by atoms with Crippen molar-refractivity contribution >= 4 is 11.6 Å². The van der Waals surface area contributed by atoms with E-state index in [0.29, 0.717) is 12.6 Å². The van der Waals surface area contributed by atoms with E-state index in [-0.39, 0.29) is 5.91 Å². The van der Waals surface area contributed by atoms with Crippen molar-refractivity contribution in [2.24, 2.45) is 0 Å². The lowest BCUT2D eigenvalue weighted by Gasteiger charge is -2.35. The fraction of sp³-hybridized carbons (Fsp3) is 0.500. The summed E-state index contributed by atoms with van der Waals surface area (Å²) in [5, 5.41) is 6.19. The number of nitrogens with one attached hydrogen (secondary N) is 2. The fourth-order valence-corrected chi connectivity index (χ4v) is 2.00. The zero-order valence-electron chi connectivity index (χ0n) is 11.3. The summed E-state index contributed by atoms with van der Waals surface area (Å²) in [6, 6.07) is 6.59. The molecule has 2 N–H and O–H groups in total. The highest BCUT2D eigenvalue weighted by Gasteiger charge is 2.22. The Bertz CT molecular complexity index is 441. The Morgan fingerprint density at radius 3 is 2.78 bits per heavy atom. The summed E-state index contributed by atoms with van der Waals surface area (Å²) in [6.07, 6.45) is 0. The number of anilines is 1. The Balaban J connectivity index is 1.91. The molecule has 1 aliphatic rings. The Morgan fingerprint density at radius 2 is 2.17 bits per heavy atom. The van der Waals surface area contributed by atoms with Crippen LogP contribution in [0.3, 0.4) is 0 Å². The maximum Gasteiger partial charge on any atom is 0.238 e. The molecule has 1 aliphatic heterocycles. The van der Waals surface area contributed by atoms with Crippen molar-refractivity contribution in [2.75, 3.05) is 32.0 Å². The van der Waals surface area contributed by atoms with Gasteiger partial charge >= 0.3 is 0 Å². The smallest absolute Gasteiger partial charge is 0.238 e. The molecule has 0 radical (unpaired) electrons. The SMILES string of the molecule is Cc1ccc(C)c(NC(=O)CN(C)C2CNC2)c1.